The molecular formula is C11H14N2O2. The SMILES string of the molecule is O=C(O)[C@@H]1CC(Cc2ccccn2)CN1. The Balaban J connectivity index is 1.90. The quantitative estimate of drug-likeness (QED) is 0.763. The van der Waals surface area contributed by atoms with Crippen molar-refractivity contribution >= 4 is 5.97 Å². The number of hydrogen-bond acceptors (Lipinski definition) is 3. The highest BCUT2D eigenvalue weighted by atomic mass is 16.4. The fourth-order valence-corrected chi connectivity index (χ4v) is 1.97. The molecule has 0 amide bonds. The number of carbonyl (C=O) groups is 1. The van der Waals surface area contributed by atoms with E-state index in [0.717, 1.165) is 18.7 Å². The average molecular weight is 206 g/mol. The minimum absolute atomic E-state index is 0.376. The molecule has 1 aliphatic heterocycles. The molecule has 15 heavy (non-hydrogen) atoms. The van der Waals surface area contributed by atoms with E-state index in [9.17, 15) is 4.79 Å². The van der Waals surface area contributed by atoms with E-state index < -0.39 is 5.97 Å². The van der Waals surface area contributed by atoms with Gasteiger partial charge in [-0.25, -0.2) is 0 Å². The molecule has 1 fully saturated rings. The summed E-state index contributed by atoms with van der Waals surface area (Å²) in [6, 6.07) is 5.45. The fraction of sp³-hybridized carbons (Fsp3) is 0.455. The third-order valence-corrected chi connectivity index (χ3v) is 2.74. The van der Waals surface area contributed by atoms with Crippen LogP contribution >= 0.6 is 0 Å². The van der Waals surface area contributed by atoms with Gasteiger partial charge in [-0.05, 0) is 37.4 Å². The molecule has 4 nitrogen and oxygen atoms in total. The van der Waals surface area contributed by atoms with Crippen molar-refractivity contribution in [2.75, 3.05) is 6.54 Å². The molecule has 80 valence electrons. The van der Waals surface area contributed by atoms with Gasteiger partial charge in [0.1, 0.15) is 6.04 Å². The summed E-state index contributed by atoms with van der Waals surface area (Å²) in [6.45, 7) is 0.771. The van der Waals surface area contributed by atoms with Crippen LogP contribution in [0.3, 0.4) is 0 Å². The highest BCUT2D eigenvalue weighted by Crippen LogP contribution is 2.18. The Bertz CT molecular complexity index is 340. The zero-order valence-corrected chi connectivity index (χ0v) is 8.39. The minimum atomic E-state index is -0.751. The van der Waals surface area contributed by atoms with Gasteiger partial charge >= 0.3 is 5.97 Å². The molecule has 1 aliphatic rings. The van der Waals surface area contributed by atoms with E-state index in [2.05, 4.69) is 10.3 Å². The second kappa shape index (κ2) is 4.40. The Kier molecular flexibility index (Phi) is 2.97. The first-order valence-corrected chi connectivity index (χ1v) is 5.12. The lowest BCUT2D eigenvalue weighted by Crippen LogP contribution is -2.29. The summed E-state index contributed by atoms with van der Waals surface area (Å²) in [4.78, 5) is 15.0. The van der Waals surface area contributed by atoms with Crippen LogP contribution in [0.5, 0.6) is 0 Å². The lowest BCUT2D eigenvalue weighted by molar-refractivity contribution is -0.139. The molecule has 2 N–H and O–H groups in total. The van der Waals surface area contributed by atoms with Crippen molar-refractivity contribution in [3.05, 3.63) is 30.1 Å². The molecule has 0 saturated carbocycles. The van der Waals surface area contributed by atoms with Gasteiger partial charge in [0.05, 0.1) is 0 Å². The number of rotatable bonds is 3. The molecule has 2 rings (SSSR count). The zero-order chi connectivity index (χ0) is 10.7. The molecule has 0 radical (unpaired) electrons. The molecule has 1 aromatic heterocycles. The van der Waals surface area contributed by atoms with Crippen LogP contribution < -0.4 is 5.32 Å². The third kappa shape index (κ3) is 2.53. The minimum Gasteiger partial charge on any atom is -0.480 e. The molecule has 0 spiro atoms. The maximum Gasteiger partial charge on any atom is 0.320 e. The molecule has 0 aliphatic carbocycles. The van der Waals surface area contributed by atoms with Crippen molar-refractivity contribution in [2.45, 2.75) is 18.9 Å². The van der Waals surface area contributed by atoms with E-state index in [4.69, 9.17) is 5.11 Å². The summed E-state index contributed by atoms with van der Waals surface area (Å²) < 4.78 is 0. The summed E-state index contributed by atoms with van der Waals surface area (Å²) in [5, 5.41) is 11.8. The van der Waals surface area contributed by atoms with Crippen LogP contribution in [-0.4, -0.2) is 28.6 Å². The number of aliphatic carboxylic acids is 1. The molecule has 0 aromatic carbocycles. The van der Waals surface area contributed by atoms with E-state index in [0.29, 0.717) is 12.3 Å². The van der Waals surface area contributed by atoms with Gasteiger partial charge in [0.25, 0.3) is 0 Å². The Morgan fingerprint density at radius 1 is 1.60 bits per heavy atom. The summed E-state index contributed by atoms with van der Waals surface area (Å²) in [5.74, 6) is -0.362. The average Bonchev–Trinajstić information content (AvgIpc) is 2.68. The van der Waals surface area contributed by atoms with Crippen molar-refractivity contribution in [3.63, 3.8) is 0 Å². The van der Waals surface area contributed by atoms with Crippen LogP contribution in [0.4, 0.5) is 0 Å². The van der Waals surface area contributed by atoms with Gasteiger partial charge in [0, 0.05) is 11.9 Å². The van der Waals surface area contributed by atoms with E-state index in [1.807, 2.05) is 18.2 Å². The van der Waals surface area contributed by atoms with Crippen LogP contribution in [0.15, 0.2) is 24.4 Å². The fourth-order valence-electron chi connectivity index (χ4n) is 1.97. The van der Waals surface area contributed by atoms with E-state index in [1.165, 1.54) is 0 Å². The molecule has 0 bridgehead atoms. The Morgan fingerprint density at radius 3 is 3.07 bits per heavy atom. The van der Waals surface area contributed by atoms with Crippen LogP contribution in [0.2, 0.25) is 0 Å². The summed E-state index contributed by atoms with van der Waals surface area (Å²) in [5.41, 5.74) is 1.04. The predicted molar refractivity (Wildman–Crippen MR) is 55.5 cm³/mol. The second-order valence-electron chi connectivity index (χ2n) is 3.93. The van der Waals surface area contributed by atoms with Crippen molar-refractivity contribution in [1.29, 1.82) is 0 Å². The molecule has 2 atom stereocenters. The van der Waals surface area contributed by atoms with E-state index >= 15 is 0 Å². The summed E-state index contributed by atoms with van der Waals surface area (Å²) >= 11 is 0. The third-order valence-electron chi connectivity index (χ3n) is 2.74. The Hall–Kier alpha value is -1.42. The van der Waals surface area contributed by atoms with Crippen LogP contribution in [0.25, 0.3) is 0 Å². The van der Waals surface area contributed by atoms with Gasteiger partial charge in [-0.15, -0.1) is 0 Å². The highest BCUT2D eigenvalue weighted by molar-refractivity contribution is 5.73. The van der Waals surface area contributed by atoms with E-state index in [-0.39, 0.29) is 6.04 Å². The monoisotopic (exact) mass is 206 g/mol. The van der Waals surface area contributed by atoms with Gasteiger partial charge in [0.2, 0.25) is 0 Å². The molecule has 2 heterocycles. The maximum absolute atomic E-state index is 10.7. The maximum atomic E-state index is 10.7. The van der Waals surface area contributed by atoms with Crippen molar-refractivity contribution < 1.29 is 9.90 Å². The number of hydrogen-bond donors (Lipinski definition) is 2. The summed E-state index contributed by atoms with van der Waals surface area (Å²) in [7, 11) is 0. The number of carboxylic acids is 1. The summed E-state index contributed by atoms with van der Waals surface area (Å²) in [6.07, 6.45) is 3.33. The van der Waals surface area contributed by atoms with Crippen molar-refractivity contribution in [2.24, 2.45) is 5.92 Å². The van der Waals surface area contributed by atoms with Gasteiger partial charge in [-0.3, -0.25) is 9.78 Å². The zero-order valence-electron chi connectivity index (χ0n) is 8.39. The van der Waals surface area contributed by atoms with Gasteiger partial charge in [-0.1, -0.05) is 6.07 Å². The number of carboxylic acid groups (broad SMARTS) is 1. The highest BCUT2D eigenvalue weighted by Gasteiger charge is 2.29. The van der Waals surface area contributed by atoms with Crippen molar-refractivity contribution in [3.8, 4) is 0 Å². The van der Waals surface area contributed by atoms with E-state index in [1.54, 1.807) is 6.20 Å². The largest absolute Gasteiger partial charge is 0.480 e. The Morgan fingerprint density at radius 2 is 2.47 bits per heavy atom. The smallest absolute Gasteiger partial charge is 0.320 e. The normalized spacial score (nSPS) is 25.3. The lowest BCUT2D eigenvalue weighted by Gasteiger charge is -2.06. The molecule has 1 aromatic rings. The first-order valence-electron chi connectivity index (χ1n) is 5.12. The van der Waals surface area contributed by atoms with Gasteiger partial charge in [-0.2, -0.15) is 0 Å². The van der Waals surface area contributed by atoms with Gasteiger partial charge < -0.3 is 10.4 Å². The number of nitrogens with zero attached hydrogens (tertiary/aromatic N) is 1. The number of aromatic nitrogens is 1. The standard InChI is InChI=1S/C11H14N2O2/c14-11(15)10-6-8(7-13-10)5-9-3-1-2-4-12-9/h1-4,8,10,13H,5-7H2,(H,14,15)/t8?,10-/m0/s1. The molecule has 1 saturated heterocycles. The predicted octanol–water partition coefficient (Wildman–Crippen LogP) is 0.687. The van der Waals surface area contributed by atoms with Crippen LogP contribution in [0, 0.1) is 5.92 Å². The van der Waals surface area contributed by atoms with Gasteiger partial charge in [0.15, 0.2) is 0 Å². The lowest BCUT2D eigenvalue weighted by atomic mass is 9.99. The first kappa shape index (κ1) is 10.1. The Labute approximate surface area is 88.3 Å². The molecule has 4 heteroatoms. The molecule has 1 unspecified atom stereocenters. The second-order valence-corrected chi connectivity index (χ2v) is 3.93. The number of pyridine rings is 1. The van der Waals surface area contributed by atoms with Crippen molar-refractivity contribution in [1.82, 2.24) is 10.3 Å². The number of nitrogens with one attached hydrogen (secondary N) is 1. The van der Waals surface area contributed by atoms with Crippen LogP contribution in [0.1, 0.15) is 12.1 Å². The van der Waals surface area contributed by atoms with Crippen LogP contribution in [-0.2, 0) is 11.2 Å². The first-order chi connectivity index (χ1) is 7.25. The molecular weight excluding hydrogens is 192 g/mol. The topological polar surface area (TPSA) is 62.2 Å².